The van der Waals surface area contributed by atoms with Crippen LogP contribution in [-0.4, -0.2) is 59.3 Å². The molecule has 0 saturated carbocycles. The van der Waals surface area contributed by atoms with E-state index in [0.29, 0.717) is 12.0 Å². The summed E-state index contributed by atoms with van der Waals surface area (Å²) in [5, 5.41) is 16.1. The van der Waals surface area contributed by atoms with Crippen LogP contribution < -0.4 is 16.0 Å². The van der Waals surface area contributed by atoms with E-state index in [0.717, 1.165) is 5.56 Å². The molecule has 0 aliphatic rings. The fourth-order valence-electron chi connectivity index (χ4n) is 3.75. The number of halogens is 2. The number of benzene rings is 2. The molecular formula is C28H33F2N3O7. The van der Waals surface area contributed by atoms with Gasteiger partial charge in [0.15, 0.2) is 0 Å². The van der Waals surface area contributed by atoms with Gasteiger partial charge in [-0.25, -0.2) is 18.4 Å². The van der Waals surface area contributed by atoms with E-state index in [-0.39, 0.29) is 13.0 Å². The number of carboxylic acids is 1. The molecule has 10 nitrogen and oxygen atoms in total. The largest absolute Gasteiger partial charge is 0.475 e. The molecule has 0 radical (unpaired) electrons. The van der Waals surface area contributed by atoms with Crippen molar-refractivity contribution < 1.29 is 42.6 Å². The number of alkyl carbamates (subject to hydrolysis) is 1. The fraction of sp³-hybridized carbons (Fsp3) is 0.393. The van der Waals surface area contributed by atoms with Crippen LogP contribution in [0, 0.1) is 5.92 Å². The summed E-state index contributed by atoms with van der Waals surface area (Å²) < 4.78 is 31.3. The molecule has 4 atom stereocenters. The highest BCUT2D eigenvalue weighted by molar-refractivity contribution is 6.35. The number of hydrogen-bond acceptors (Lipinski definition) is 6. The zero-order chi connectivity index (χ0) is 29.7. The summed E-state index contributed by atoms with van der Waals surface area (Å²) >= 11 is 0. The molecule has 40 heavy (non-hydrogen) atoms. The van der Waals surface area contributed by atoms with Crippen LogP contribution >= 0.6 is 0 Å². The summed E-state index contributed by atoms with van der Waals surface area (Å²) in [5.74, 6) is -5.78. The van der Waals surface area contributed by atoms with Gasteiger partial charge in [0.05, 0.1) is 0 Å². The van der Waals surface area contributed by atoms with Gasteiger partial charge in [0.25, 0.3) is 5.78 Å². The van der Waals surface area contributed by atoms with Crippen molar-refractivity contribution in [2.45, 2.75) is 64.3 Å². The first kappa shape index (κ1) is 31.9. The lowest BCUT2D eigenvalue weighted by Crippen LogP contribution is -2.58. The normalized spacial score (nSPS) is 13.8. The van der Waals surface area contributed by atoms with E-state index >= 15 is 0 Å². The average molecular weight is 562 g/mol. The molecule has 0 unspecified atom stereocenters. The first-order chi connectivity index (χ1) is 19.0. The van der Waals surface area contributed by atoms with E-state index in [2.05, 4.69) is 10.6 Å². The van der Waals surface area contributed by atoms with Crippen LogP contribution in [-0.2, 0) is 36.9 Å². The summed E-state index contributed by atoms with van der Waals surface area (Å²) in [6, 6.07) is 12.8. The highest BCUT2D eigenvalue weighted by atomic mass is 19.3. The molecule has 0 heterocycles. The van der Waals surface area contributed by atoms with E-state index in [9.17, 15) is 32.8 Å². The number of carbonyl (C=O) groups excluding carboxylic acids is 4. The minimum absolute atomic E-state index is 0.0380. The van der Waals surface area contributed by atoms with E-state index < -0.39 is 66.5 Å². The summed E-state index contributed by atoms with van der Waals surface area (Å²) in [6.45, 7) is 3.46. The first-order valence-corrected chi connectivity index (χ1v) is 12.7. The van der Waals surface area contributed by atoms with Crippen LogP contribution in [0.25, 0.3) is 0 Å². The second kappa shape index (κ2) is 15.9. The maximum atomic E-state index is 13.3. The lowest BCUT2D eigenvalue weighted by molar-refractivity contribution is -0.151. The quantitative estimate of drug-likeness (QED) is 0.244. The second-order valence-electron chi connectivity index (χ2n) is 9.18. The fourth-order valence-corrected chi connectivity index (χ4v) is 3.75. The van der Waals surface area contributed by atoms with Crippen molar-refractivity contribution in [2.24, 2.45) is 5.92 Å². The number of ether oxygens (including phenoxy) is 1. The molecular weight excluding hydrogens is 528 g/mol. The Kier molecular flexibility index (Phi) is 12.7. The number of hydrogen-bond donors (Lipinski definition) is 4. The SMILES string of the molecule is CC[C@H](C)[C@H](NC(=O)OCc1ccccc1)C(=O)N[C@@H](Cc1ccccc1)C(=O)N[C@@H](CC(F)F)C(=O)C(=O)O. The zero-order valence-corrected chi connectivity index (χ0v) is 22.1. The number of nitrogens with one attached hydrogen (secondary N) is 3. The number of carbonyl (C=O) groups is 5. The molecule has 2 aromatic carbocycles. The van der Waals surface area contributed by atoms with Crippen molar-refractivity contribution >= 4 is 29.7 Å². The number of alkyl halides is 2. The molecule has 0 fully saturated rings. The van der Waals surface area contributed by atoms with Crippen molar-refractivity contribution in [1.29, 1.82) is 0 Å². The maximum absolute atomic E-state index is 13.3. The van der Waals surface area contributed by atoms with Crippen molar-refractivity contribution in [3.05, 3.63) is 71.8 Å². The number of rotatable bonds is 15. The molecule has 4 N–H and O–H groups in total. The number of carboxylic acid groups (broad SMARTS) is 1. The number of amides is 3. The molecule has 0 aromatic heterocycles. The monoisotopic (exact) mass is 561 g/mol. The van der Waals surface area contributed by atoms with E-state index in [4.69, 9.17) is 9.84 Å². The Morgan fingerprint density at radius 1 is 0.825 bits per heavy atom. The molecule has 2 aromatic rings. The summed E-state index contributed by atoms with van der Waals surface area (Å²) in [4.78, 5) is 62.0. The predicted octanol–water partition coefficient (Wildman–Crippen LogP) is 2.85. The number of Topliss-reactive ketones (excluding diaryl/α,β-unsaturated/α-hetero) is 1. The van der Waals surface area contributed by atoms with Gasteiger partial charge in [-0.2, -0.15) is 0 Å². The summed E-state index contributed by atoms with van der Waals surface area (Å²) in [6.07, 6.45) is -4.79. The highest BCUT2D eigenvalue weighted by Gasteiger charge is 2.34. The Balaban J connectivity index is 2.22. The topological polar surface area (TPSA) is 151 Å². The zero-order valence-electron chi connectivity index (χ0n) is 22.1. The highest BCUT2D eigenvalue weighted by Crippen LogP contribution is 2.12. The minimum Gasteiger partial charge on any atom is -0.475 e. The van der Waals surface area contributed by atoms with Crippen LogP contribution in [0.4, 0.5) is 13.6 Å². The molecule has 12 heteroatoms. The van der Waals surface area contributed by atoms with Crippen LogP contribution in [0.2, 0.25) is 0 Å². The van der Waals surface area contributed by atoms with Gasteiger partial charge >= 0.3 is 12.1 Å². The third-order valence-electron chi connectivity index (χ3n) is 6.15. The molecule has 0 spiro atoms. The van der Waals surface area contributed by atoms with E-state index in [1.165, 1.54) is 0 Å². The first-order valence-electron chi connectivity index (χ1n) is 12.7. The van der Waals surface area contributed by atoms with Crippen molar-refractivity contribution in [3.63, 3.8) is 0 Å². The smallest absolute Gasteiger partial charge is 0.408 e. The minimum atomic E-state index is -3.07. The molecule has 216 valence electrons. The van der Waals surface area contributed by atoms with Crippen LogP contribution in [0.3, 0.4) is 0 Å². The van der Waals surface area contributed by atoms with Gasteiger partial charge in [0.1, 0.15) is 24.7 Å². The van der Waals surface area contributed by atoms with Gasteiger partial charge < -0.3 is 25.8 Å². The van der Waals surface area contributed by atoms with Crippen molar-refractivity contribution in [2.75, 3.05) is 0 Å². The third kappa shape index (κ3) is 10.4. The molecule has 0 aliphatic carbocycles. The average Bonchev–Trinajstić information content (AvgIpc) is 2.93. The van der Waals surface area contributed by atoms with E-state index in [1.807, 2.05) is 11.4 Å². The second-order valence-corrected chi connectivity index (χ2v) is 9.18. The van der Waals surface area contributed by atoms with Crippen LogP contribution in [0.1, 0.15) is 37.8 Å². The molecule has 0 bridgehead atoms. The van der Waals surface area contributed by atoms with E-state index in [1.54, 1.807) is 68.4 Å². The maximum Gasteiger partial charge on any atom is 0.408 e. The Hall–Kier alpha value is -4.35. The van der Waals surface area contributed by atoms with Gasteiger partial charge in [-0.05, 0) is 17.0 Å². The lowest BCUT2D eigenvalue weighted by Gasteiger charge is -2.27. The Morgan fingerprint density at radius 3 is 1.90 bits per heavy atom. The molecule has 2 rings (SSSR count). The van der Waals surface area contributed by atoms with Gasteiger partial charge in [-0.3, -0.25) is 14.4 Å². The number of aliphatic carboxylic acids is 1. The van der Waals surface area contributed by atoms with Crippen molar-refractivity contribution in [3.8, 4) is 0 Å². The summed E-state index contributed by atoms with van der Waals surface area (Å²) in [7, 11) is 0. The number of ketones is 1. The van der Waals surface area contributed by atoms with Crippen LogP contribution in [0.15, 0.2) is 60.7 Å². The predicted molar refractivity (Wildman–Crippen MR) is 140 cm³/mol. The Morgan fingerprint density at radius 2 is 1.38 bits per heavy atom. The van der Waals surface area contributed by atoms with Crippen molar-refractivity contribution in [1.82, 2.24) is 16.0 Å². The van der Waals surface area contributed by atoms with Gasteiger partial charge in [0, 0.05) is 12.8 Å². The standard InChI is InChI=1S/C28H33F2N3O7/c1-3-17(2)23(33-28(39)40-16-19-12-8-5-9-13-19)26(36)32-21(14-18-10-6-4-7-11-18)25(35)31-20(15-22(29)30)24(34)27(37)38/h4-13,17,20-23H,3,14-16H2,1-2H3,(H,31,35)(H,32,36)(H,33,39)(H,37,38)/t17-,20-,21-,23-/m0/s1. The van der Waals surface area contributed by atoms with Crippen LogP contribution in [0.5, 0.6) is 0 Å². The van der Waals surface area contributed by atoms with Gasteiger partial charge in [-0.1, -0.05) is 80.9 Å². The molecule has 0 aliphatic heterocycles. The summed E-state index contributed by atoms with van der Waals surface area (Å²) in [5.41, 5.74) is 1.32. The lowest BCUT2D eigenvalue weighted by atomic mass is 9.97. The Bertz CT molecular complexity index is 1150. The van der Waals surface area contributed by atoms with Gasteiger partial charge in [0.2, 0.25) is 18.2 Å². The molecule has 3 amide bonds. The third-order valence-corrected chi connectivity index (χ3v) is 6.15. The van der Waals surface area contributed by atoms with Gasteiger partial charge in [-0.15, -0.1) is 0 Å². The molecule has 0 saturated heterocycles. The Labute approximate surface area is 230 Å².